The Bertz CT molecular complexity index is 2790. The first-order chi connectivity index (χ1) is 22.8. The number of nitrogens with zero attached hydrogens (tertiary/aromatic N) is 3. The first-order valence-electron chi connectivity index (χ1n) is 15.5. The van der Waals surface area contributed by atoms with E-state index in [9.17, 15) is 0 Å². The summed E-state index contributed by atoms with van der Waals surface area (Å²) in [5.74, 6) is 0.827. The maximum absolute atomic E-state index is 5.36. The second kappa shape index (κ2) is 9.83. The quantitative estimate of drug-likeness (QED) is 0.201. The standard InChI is InChI=1S/C42H25N3S/c1-3-14-27(15-4-1)33-25-43-42(39(44-33)28-16-5-2-6-17-28)45-34-24-23-26-13-7-8-18-29(26)36(34)37-30-19-9-10-20-31(30)41-38(40(37)45)32-21-11-12-22-35(32)46-41/h1-25H. The Hall–Kier alpha value is -5.84. The predicted octanol–water partition coefficient (Wildman–Crippen LogP) is 11.6. The molecule has 0 bridgehead atoms. The first-order valence-corrected chi connectivity index (χ1v) is 16.3. The molecule has 3 nitrogen and oxygen atoms in total. The van der Waals surface area contributed by atoms with Gasteiger partial charge >= 0.3 is 0 Å². The molecule has 10 aromatic rings. The van der Waals surface area contributed by atoms with Gasteiger partial charge in [-0.15, -0.1) is 11.3 Å². The zero-order valence-corrected chi connectivity index (χ0v) is 25.5. The van der Waals surface area contributed by atoms with E-state index in [4.69, 9.17) is 9.97 Å². The van der Waals surface area contributed by atoms with Crippen LogP contribution in [0.3, 0.4) is 0 Å². The van der Waals surface area contributed by atoms with Crippen LogP contribution in [0.25, 0.3) is 91.9 Å². The van der Waals surface area contributed by atoms with E-state index in [0.29, 0.717) is 0 Å². The molecule has 3 aromatic heterocycles. The normalized spacial score (nSPS) is 11.9. The van der Waals surface area contributed by atoms with Crippen LogP contribution < -0.4 is 0 Å². The van der Waals surface area contributed by atoms with Crippen molar-refractivity contribution in [2.75, 3.05) is 0 Å². The minimum absolute atomic E-state index is 0.827. The molecule has 0 atom stereocenters. The Balaban J connectivity index is 1.48. The van der Waals surface area contributed by atoms with Crippen LogP contribution in [0.2, 0.25) is 0 Å². The van der Waals surface area contributed by atoms with Crippen molar-refractivity contribution in [3.63, 3.8) is 0 Å². The van der Waals surface area contributed by atoms with Gasteiger partial charge in [0.25, 0.3) is 0 Å². The molecular formula is C42H25N3S. The highest BCUT2D eigenvalue weighted by Gasteiger charge is 2.25. The van der Waals surface area contributed by atoms with Gasteiger partial charge in [-0.05, 0) is 28.3 Å². The van der Waals surface area contributed by atoms with Crippen molar-refractivity contribution in [2.45, 2.75) is 0 Å². The molecule has 0 radical (unpaired) electrons. The van der Waals surface area contributed by atoms with E-state index < -0.39 is 0 Å². The molecule has 7 aromatic carbocycles. The summed E-state index contributed by atoms with van der Waals surface area (Å²) in [7, 11) is 0. The van der Waals surface area contributed by atoms with E-state index in [1.165, 1.54) is 58.0 Å². The number of rotatable bonds is 3. The van der Waals surface area contributed by atoms with Crippen LogP contribution in [0.4, 0.5) is 0 Å². The Labute approximate surface area is 268 Å². The maximum Gasteiger partial charge on any atom is 0.164 e. The Morgan fingerprint density at radius 3 is 1.96 bits per heavy atom. The van der Waals surface area contributed by atoms with Gasteiger partial charge in [0.05, 0.1) is 22.9 Å². The van der Waals surface area contributed by atoms with Gasteiger partial charge in [0.2, 0.25) is 0 Å². The summed E-state index contributed by atoms with van der Waals surface area (Å²) in [6.07, 6.45) is 1.93. The van der Waals surface area contributed by atoms with Gasteiger partial charge in [0.1, 0.15) is 5.69 Å². The van der Waals surface area contributed by atoms with Gasteiger partial charge in [-0.25, -0.2) is 9.97 Å². The molecule has 46 heavy (non-hydrogen) atoms. The molecule has 3 heterocycles. The molecule has 0 saturated heterocycles. The third kappa shape index (κ3) is 3.59. The zero-order valence-electron chi connectivity index (χ0n) is 24.7. The highest BCUT2D eigenvalue weighted by molar-refractivity contribution is 7.27. The smallest absolute Gasteiger partial charge is 0.164 e. The summed E-state index contributed by atoms with van der Waals surface area (Å²) in [6, 6.07) is 51.8. The topological polar surface area (TPSA) is 30.7 Å². The minimum Gasteiger partial charge on any atom is -0.291 e. The Kier molecular flexibility index (Phi) is 5.45. The minimum atomic E-state index is 0.827. The average molecular weight is 604 g/mol. The third-order valence-electron chi connectivity index (χ3n) is 9.21. The van der Waals surface area contributed by atoms with Crippen molar-refractivity contribution in [3.05, 3.63) is 152 Å². The molecule has 0 aliphatic rings. The summed E-state index contributed by atoms with van der Waals surface area (Å²) < 4.78 is 4.98. The maximum atomic E-state index is 5.36. The summed E-state index contributed by atoms with van der Waals surface area (Å²) in [6.45, 7) is 0. The lowest BCUT2D eigenvalue weighted by atomic mass is 9.97. The Morgan fingerprint density at radius 2 is 1.15 bits per heavy atom. The molecule has 0 N–H and O–H groups in total. The van der Waals surface area contributed by atoms with Gasteiger partial charge in [-0.2, -0.15) is 0 Å². The molecule has 0 unspecified atom stereocenters. The van der Waals surface area contributed by atoms with Gasteiger partial charge < -0.3 is 0 Å². The molecule has 0 spiro atoms. The summed E-state index contributed by atoms with van der Waals surface area (Å²) >= 11 is 1.87. The molecular weight excluding hydrogens is 579 g/mol. The molecule has 214 valence electrons. The molecule has 0 aliphatic heterocycles. The molecule has 0 saturated carbocycles. The van der Waals surface area contributed by atoms with Crippen molar-refractivity contribution >= 4 is 74.9 Å². The van der Waals surface area contributed by atoms with E-state index in [0.717, 1.165) is 33.8 Å². The summed E-state index contributed by atoms with van der Waals surface area (Å²) in [4.78, 5) is 10.7. The van der Waals surface area contributed by atoms with E-state index in [2.05, 4.69) is 144 Å². The molecule has 0 fully saturated rings. The van der Waals surface area contributed by atoms with Crippen molar-refractivity contribution in [3.8, 4) is 28.3 Å². The second-order valence-corrected chi connectivity index (χ2v) is 12.8. The van der Waals surface area contributed by atoms with E-state index >= 15 is 0 Å². The number of hydrogen-bond acceptors (Lipinski definition) is 3. The number of benzene rings is 7. The van der Waals surface area contributed by atoms with Crippen LogP contribution in [0.5, 0.6) is 0 Å². The first kappa shape index (κ1) is 25.5. The third-order valence-corrected chi connectivity index (χ3v) is 10.4. The fourth-order valence-electron chi connectivity index (χ4n) is 7.23. The van der Waals surface area contributed by atoms with Crippen LogP contribution in [0.1, 0.15) is 0 Å². The lowest BCUT2D eigenvalue weighted by Gasteiger charge is -2.15. The van der Waals surface area contributed by atoms with Crippen molar-refractivity contribution in [1.82, 2.24) is 14.5 Å². The highest BCUT2D eigenvalue weighted by atomic mass is 32.1. The monoisotopic (exact) mass is 603 g/mol. The van der Waals surface area contributed by atoms with Gasteiger partial charge in [-0.1, -0.05) is 133 Å². The fourth-order valence-corrected chi connectivity index (χ4v) is 8.48. The van der Waals surface area contributed by atoms with Crippen LogP contribution in [-0.4, -0.2) is 14.5 Å². The zero-order chi connectivity index (χ0) is 30.2. The number of hydrogen-bond donors (Lipinski definition) is 0. The molecule has 10 rings (SSSR count). The van der Waals surface area contributed by atoms with E-state index in [1.807, 2.05) is 23.6 Å². The van der Waals surface area contributed by atoms with Crippen LogP contribution in [0, 0.1) is 0 Å². The van der Waals surface area contributed by atoms with Gasteiger partial charge in [0, 0.05) is 47.5 Å². The van der Waals surface area contributed by atoms with Crippen LogP contribution in [-0.2, 0) is 0 Å². The van der Waals surface area contributed by atoms with Crippen molar-refractivity contribution in [1.29, 1.82) is 0 Å². The van der Waals surface area contributed by atoms with Gasteiger partial charge in [0.15, 0.2) is 5.82 Å². The largest absolute Gasteiger partial charge is 0.291 e. The summed E-state index contributed by atoms with van der Waals surface area (Å²) in [5.41, 5.74) is 6.09. The number of thiophene rings is 1. The lowest BCUT2D eigenvalue weighted by Crippen LogP contribution is -2.04. The number of aromatic nitrogens is 3. The van der Waals surface area contributed by atoms with E-state index in [-0.39, 0.29) is 0 Å². The van der Waals surface area contributed by atoms with Crippen molar-refractivity contribution < 1.29 is 0 Å². The second-order valence-electron chi connectivity index (χ2n) is 11.7. The van der Waals surface area contributed by atoms with Gasteiger partial charge in [-0.3, -0.25) is 4.57 Å². The van der Waals surface area contributed by atoms with Crippen LogP contribution in [0.15, 0.2) is 152 Å². The molecule has 0 amide bonds. The van der Waals surface area contributed by atoms with Crippen molar-refractivity contribution in [2.24, 2.45) is 0 Å². The predicted molar refractivity (Wildman–Crippen MR) is 195 cm³/mol. The summed E-state index contributed by atoms with van der Waals surface area (Å²) in [5, 5.41) is 10.0. The lowest BCUT2D eigenvalue weighted by molar-refractivity contribution is 1.05. The molecule has 4 heteroatoms. The van der Waals surface area contributed by atoms with E-state index in [1.54, 1.807) is 0 Å². The number of fused-ring (bicyclic) bond motifs is 12. The highest BCUT2D eigenvalue weighted by Crippen LogP contribution is 2.49. The molecule has 0 aliphatic carbocycles. The fraction of sp³-hybridized carbons (Fsp3) is 0. The Morgan fingerprint density at radius 1 is 0.500 bits per heavy atom. The SMILES string of the molecule is c1ccc(-c2cnc(-n3c4ccc5ccccc5c4c4c5ccccc5c5sc6ccccc6c5c43)c(-c3ccccc3)n2)cc1. The average Bonchev–Trinajstić information content (AvgIpc) is 3.69. The van der Waals surface area contributed by atoms with Crippen LogP contribution >= 0.6 is 11.3 Å².